The molecule has 0 fully saturated rings. The van der Waals surface area contributed by atoms with Crippen LogP contribution in [0.25, 0.3) is 0 Å². The molecule has 1 rings (SSSR count). The standard InChI is InChI=1S/C8H7F2N.C4H10.H2S/c1-5(11)7-3-2-6(9)4-8(7)10;1-4(2)3;/h2-4,11H,1H3;4H,1-3H3;1H2. The number of halogens is 2. The van der Waals surface area contributed by atoms with Crippen molar-refractivity contribution < 1.29 is 8.78 Å². The molecule has 1 N–H and O–H groups in total. The first-order valence-electron chi connectivity index (χ1n) is 4.85. The fraction of sp³-hybridized carbons (Fsp3) is 0.417. The van der Waals surface area contributed by atoms with Gasteiger partial charge in [-0.2, -0.15) is 13.5 Å². The molecule has 92 valence electrons. The van der Waals surface area contributed by atoms with Crippen molar-refractivity contribution in [1.82, 2.24) is 0 Å². The second-order valence-electron chi connectivity index (χ2n) is 3.98. The van der Waals surface area contributed by atoms with Crippen LogP contribution in [0.15, 0.2) is 18.2 Å². The highest BCUT2D eigenvalue weighted by Gasteiger charge is 2.03. The van der Waals surface area contributed by atoms with Gasteiger partial charge in [0.2, 0.25) is 0 Å². The first-order valence-corrected chi connectivity index (χ1v) is 4.85. The van der Waals surface area contributed by atoms with E-state index in [1.807, 2.05) is 0 Å². The van der Waals surface area contributed by atoms with Crippen LogP contribution in [0.5, 0.6) is 0 Å². The fourth-order valence-electron chi connectivity index (χ4n) is 0.794. The zero-order chi connectivity index (χ0) is 12.0. The van der Waals surface area contributed by atoms with E-state index in [0.29, 0.717) is 0 Å². The first kappa shape index (κ1) is 17.5. The molecular formula is C12H19F2NS. The third-order valence-electron chi connectivity index (χ3n) is 1.34. The van der Waals surface area contributed by atoms with Gasteiger partial charge in [0, 0.05) is 17.3 Å². The Morgan fingerprint density at radius 2 is 1.62 bits per heavy atom. The summed E-state index contributed by atoms with van der Waals surface area (Å²) in [6, 6.07) is 3.16. The van der Waals surface area contributed by atoms with E-state index in [2.05, 4.69) is 20.8 Å². The minimum absolute atomic E-state index is 0. The molecule has 0 radical (unpaired) electrons. The minimum Gasteiger partial charge on any atom is -0.305 e. The van der Waals surface area contributed by atoms with Gasteiger partial charge in [-0.05, 0) is 25.0 Å². The van der Waals surface area contributed by atoms with Gasteiger partial charge in [0.25, 0.3) is 0 Å². The molecule has 0 amide bonds. The van der Waals surface area contributed by atoms with Crippen molar-refractivity contribution in [3.63, 3.8) is 0 Å². The van der Waals surface area contributed by atoms with E-state index in [9.17, 15) is 8.78 Å². The molecule has 0 aliphatic rings. The molecule has 0 aliphatic heterocycles. The molecule has 4 heteroatoms. The first-order chi connectivity index (χ1) is 6.84. The van der Waals surface area contributed by atoms with Crippen LogP contribution < -0.4 is 0 Å². The smallest absolute Gasteiger partial charge is 0.135 e. The van der Waals surface area contributed by atoms with Crippen LogP contribution in [-0.2, 0) is 0 Å². The Labute approximate surface area is 103 Å². The van der Waals surface area contributed by atoms with E-state index in [0.717, 1.165) is 18.1 Å². The van der Waals surface area contributed by atoms with Gasteiger partial charge in [0.1, 0.15) is 11.6 Å². The van der Waals surface area contributed by atoms with E-state index in [1.54, 1.807) is 0 Å². The Kier molecular flexibility index (Phi) is 9.05. The number of hydrogen-bond donors (Lipinski definition) is 1. The normalized spacial score (nSPS) is 8.94. The van der Waals surface area contributed by atoms with Gasteiger partial charge in [0.15, 0.2) is 0 Å². The van der Waals surface area contributed by atoms with Crippen molar-refractivity contribution in [2.24, 2.45) is 5.92 Å². The summed E-state index contributed by atoms with van der Waals surface area (Å²) >= 11 is 0. The lowest BCUT2D eigenvalue weighted by Crippen LogP contribution is -1.96. The van der Waals surface area contributed by atoms with E-state index >= 15 is 0 Å². The Hall–Kier alpha value is -0.900. The van der Waals surface area contributed by atoms with E-state index in [1.165, 1.54) is 13.0 Å². The lowest BCUT2D eigenvalue weighted by Gasteiger charge is -1.98. The topological polar surface area (TPSA) is 23.9 Å². The van der Waals surface area contributed by atoms with E-state index in [-0.39, 0.29) is 24.8 Å². The van der Waals surface area contributed by atoms with Crippen molar-refractivity contribution in [3.8, 4) is 0 Å². The number of nitrogens with one attached hydrogen (secondary N) is 1. The summed E-state index contributed by atoms with van der Waals surface area (Å²) in [7, 11) is 0. The average molecular weight is 247 g/mol. The van der Waals surface area contributed by atoms with Gasteiger partial charge in [-0.15, -0.1) is 0 Å². The summed E-state index contributed by atoms with van der Waals surface area (Å²) in [4.78, 5) is 0. The van der Waals surface area contributed by atoms with Crippen LogP contribution in [0.1, 0.15) is 33.3 Å². The third kappa shape index (κ3) is 7.40. The molecule has 0 aromatic heterocycles. The van der Waals surface area contributed by atoms with Gasteiger partial charge in [-0.3, -0.25) is 0 Å². The summed E-state index contributed by atoms with van der Waals surface area (Å²) < 4.78 is 25.0. The van der Waals surface area contributed by atoms with E-state index in [4.69, 9.17) is 5.41 Å². The van der Waals surface area contributed by atoms with Crippen LogP contribution in [0.3, 0.4) is 0 Å². The monoisotopic (exact) mass is 247 g/mol. The van der Waals surface area contributed by atoms with Crippen molar-refractivity contribution >= 4 is 19.2 Å². The summed E-state index contributed by atoms with van der Waals surface area (Å²) in [6.07, 6.45) is 0. The van der Waals surface area contributed by atoms with Crippen molar-refractivity contribution in [1.29, 1.82) is 5.41 Å². The van der Waals surface area contributed by atoms with Crippen molar-refractivity contribution in [2.45, 2.75) is 27.7 Å². The SMILES string of the molecule is CC(=N)c1ccc(F)cc1F.CC(C)C.S. The summed E-state index contributed by atoms with van der Waals surface area (Å²) in [5, 5.41) is 7.08. The van der Waals surface area contributed by atoms with Crippen LogP contribution >= 0.6 is 13.5 Å². The maximum atomic E-state index is 12.7. The van der Waals surface area contributed by atoms with Crippen LogP contribution in [-0.4, -0.2) is 5.71 Å². The fourth-order valence-corrected chi connectivity index (χ4v) is 0.794. The molecule has 0 aliphatic carbocycles. The predicted octanol–water partition coefficient (Wildman–Crippen LogP) is 4.13. The zero-order valence-corrected chi connectivity index (χ0v) is 11.1. The van der Waals surface area contributed by atoms with Gasteiger partial charge in [-0.1, -0.05) is 20.8 Å². The lowest BCUT2D eigenvalue weighted by molar-refractivity contribution is 0.581. The molecule has 0 atom stereocenters. The van der Waals surface area contributed by atoms with Gasteiger partial charge in [-0.25, -0.2) is 8.78 Å². The highest BCUT2D eigenvalue weighted by atomic mass is 32.1. The average Bonchev–Trinajstić information content (AvgIpc) is 2.01. The van der Waals surface area contributed by atoms with Crippen LogP contribution in [0, 0.1) is 23.0 Å². The Morgan fingerprint density at radius 3 is 1.94 bits per heavy atom. The molecule has 0 unspecified atom stereocenters. The molecular weight excluding hydrogens is 228 g/mol. The third-order valence-corrected chi connectivity index (χ3v) is 1.34. The molecule has 1 aromatic carbocycles. The largest absolute Gasteiger partial charge is 0.305 e. The van der Waals surface area contributed by atoms with Crippen molar-refractivity contribution in [2.75, 3.05) is 0 Å². The zero-order valence-electron chi connectivity index (χ0n) is 10.1. The van der Waals surface area contributed by atoms with Crippen LogP contribution in [0.4, 0.5) is 8.78 Å². The summed E-state index contributed by atoms with van der Waals surface area (Å²) in [5.74, 6) is -0.468. The van der Waals surface area contributed by atoms with Crippen LogP contribution in [0.2, 0.25) is 0 Å². The highest BCUT2D eigenvalue weighted by Crippen LogP contribution is 2.09. The highest BCUT2D eigenvalue weighted by molar-refractivity contribution is 7.59. The summed E-state index contributed by atoms with van der Waals surface area (Å²) in [6.45, 7) is 7.95. The maximum Gasteiger partial charge on any atom is 0.135 e. The molecule has 0 heterocycles. The van der Waals surface area contributed by atoms with Gasteiger partial charge >= 0.3 is 0 Å². The quantitative estimate of drug-likeness (QED) is 0.722. The minimum atomic E-state index is -0.683. The summed E-state index contributed by atoms with van der Waals surface area (Å²) in [5.41, 5.74) is 0.244. The Morgan fingerprint density at radius 1 is 1.19 bits per heavy atom. The molecule has 16 heavy (non-hydrogen) atoms. The van der Waals surface area contributed by atoms with E-state index < -0.39 is 11.6 Å². The Bertz CT molecular complexity index is 335. The number of hydrogen-bond acceptors (Lipinski definition) is 1. The molecule has 0 spiro atoms. The Balaban J connectivity index is 0. The molecule has 1 nitrogen and oxygen atoms in total. The van der Waals surface area contributed by atoms with Gasteiger partial charge in [0.05, 0.1) is 0 Å². The number of benzene rings is 1. The second-order valence-corrected chi connectivity index (χ2v) is 3.98. The maximum absolute atomic E-state index is 12.7. The molecule has 1 aromatic rings. The molecule has 0 saturated heterocycles. The molecule has 0 bridgehead atoms. The number of rotatable bonds is 1. The second kappa shape index (κ2) is 8.28. The van der Waals surface area contributed by atoms with Crippen molar-refractivity contribution in [3.05, 3.63) is 35.4 Å². The molecule has 0 saturated carbocycles. The van der Waals surface area contributed by atoms with Gasteiger partial charge < -0.3 is 5.41 Å². The predicted molar refractivity (Wildman–Crippen MR) is 69.8 cm³/mol. The lowest BCUT2D eigenvalue weighted by atomic mass is 10.1.